The van der Waals surface area contributed by atoms with E-state index >= 15 is 0 Å². The molecule has 9 heteroatoms. The maximum Gasteiger partial charge on any atom is 0.290 e. The number of benzene rings is 2. The first kappa shape index (κ1) is 23.9. The molecule has 2 heterocycles. The summed E-state index contributed by atoms with van der Waals surface area (Å²) < 4.78 is 38.2. The maximum absolute atomic E-state index is 13.3. The van der Waals surface area contributed by atoms with E-state index in [9.17, 15) is 19.0 Å². The molecule has 0 spiro atoms. The van der Waals surface area contributed by atoms with Crippen LogP contribution in [0.25, 0.3) is 0 Å². The van der Waals surface area contributed by atoms with Crippen molar-refractivity contribution < 1.29 is 38.4 Å². The van der Waals surface area contributed by atoms with E-state index in [1.807, 2.05) is 0 Å². The molecule has 4 N–H and O–H groups in total. The van der Waals surface area contributed by atoms with Gasteiger partial charge in [-0.25, -0.2) is 8.78 Å². The number of carbonyl (C=O) groups is 1. The van der Waals surface area contributed by atoms with E-state index in [1.54, 1.807) is 12.1 Å². The van der Waals surface area contributed by atoms with Gasteiger partial charge in [0.15, 0.2) is 0 Å². The van der Waals surface area contributed by atoms with Crippen LogP contribution in [0.2, 0.25) is 0 Å². The third-order valence-corrected chi connectivity index (χ3v) is 5.56. The Morgan fingerprint density at radius 3 is 1.72 bits per heavy atom. The quantitative estimate of drug-likeness (QED) is 0.498. The zero-order chi connectivity index (χ0) is 23.1. The van der Waals surface area contributed by atoms with Crippen molar-refractivity contribution in [2.24, 2.45) is 0 Å². The third-order valence-electron chi connectivity index (χ3n) is 5.56. The molecule has 0 aromatic heterocycles. The molecule has 0 aliphatic carbocycles. The summed E-state index contributed by atoms with van der Waals surface area (Å²) in [7, 11) is 0. The molecule has 0 bridgehead atoms. The smallest absolute Gasteiger partial charge is 0.290 e. The second-order valence-electron chi connectivity index (χ2n) is 7.79. The van der Waals surface area contributed by atoms with E-state index in [-0.39, 0.29) is 43.4 Å². The van der Waals surface area contributed by atoms with Gasteiger partial charge >= 0.3 is 0 Å². The van der Waals surface area contributed by atoms with Gasteiger partial charge in [0.05, 0.1) is 0 Å². The summed E-state index contributed by atoms with van der Waals surface area (Å²) in [6, 6.07) is 8.79. The number of rotatable bonds is 6. The number of carboxylic acid groups (broad SMARTS) is 1. The molecule has 174 valence electrons. The van der Waals surface area contributed by atoms with Crippen molar-refractivity contribution in [3.8, 4) is 11.5 Å². The van der Waals surface area contributed by atoms with E-state index < -0.39 is 12.2 Å². The molecular formula is C23H27F2NO6. The minimum atomic E-state index is -0.753. The first-order chi connectivity index (χ1) is 15.4. The molecule has 0 amide bonds. The molecule has 2 aromatic rings. The number of fused-ring (bicyclic) bond motifs is 2. The predicted molar refractivity (Wildman–Crippen MR) is 112 cm³/mol. The van der Waals surface area contributed by atoms with Crippen molar-refractivity contribution in [2.75, 3.05) is 13.1 Å². The lowest BCUT2D eigenvalue weighted by molar-refractivity contribution is -0.122. The number of halogens is 2. The fraction of sp³-hybridized carbons (Fsp3) is 0.435. The predicted octanol–water partition coefficient (Wildman–Crippen LogP) is 2.06. The summed E-state index contributed by atoms with van der Waals surface area (Å²) >= 11 is 0. The van der Waals surface area contributed by atoms with Gasteiger partial charge in [0.2, 0.25) is 0 Å². The van der Waals surface area contributed by atoms with Crippen molar-refractivity contribution in [1.29, 1.82) is 0 Å². The van der Waals surface area contributed by atoms with Crippen LogP contribution < -0.4 is 14.8 Å². The van der Waals surface area contributed by atoms with E-state index in [0.717, 1.165) is 11.1 Å². The molecule has 7 nitrogen and oxygen atoms in total. The van der Waals surface area contributed by atoms with Crippen LogP contribution in [0.15, 0.2) is 36.4 Å². The maximum atomic E-state index is 13.3. The highest BCUT2D eigenvalue weighted by molar-refractivity contribution is 5.37. The van der Waals surface area contributed by atoms with Crippen LogP contribution in [0.3, 0.4) is 0 Å². The van der Waals surface area contributed by atoms with E-state index in [2.05, 4.69) is 5.32 Å². The lowest BCUT2D eigenvalue weighted by Gasteiger charge is -2.31. The molecule has 0 saturated carbocycles. The molecule has 32 heavy (non-hydrogen) atoms. The SMILES string of the molecule is O=CO.OC(CNC[C@H](O)C1CCc2cc(F)ccc2O1)[C@@H]1CCc2cc(F)ccc2O1. The summed E-state index contributed by atoms with van der Waals surface area (Å²) in [5.74, 6) is 0.624. The Bertz CT molecular complexity index is 843. The fourth-order valence-corrected chi connectivity index (χ4v) is 3.94. The number of nitrogens with one attached hydrogen (secondary N) is 1. The van der Waals surface area contributed by atoms with Gasteiger partial charge in [0.25, 0.3) is 6.47 Å². The summed E-state index contributed by atoms with van der Waals surface area (Å²) in [6.07, 6.45) is 0.214. The van der Waals surface area contributed by atoms with E-state index in [1.165, 1.54) is 24.3 Å². The highest BCUT2D eigenvalue weighted by atomic mass is 19.1. The molecule has 0 saturated heterocycles. The average Bonchev–Trinajstić information content (AvgIpc) is 2.78. The van der Waals surface area contributed by atoms with Crippen LogP contribution in [-0.4, -0.2) is 59.3 Å². The zero-order valence-corrected chi connectivity index (χ0v) is 17.4. The van der Waals surface area contributed by atoms with Crippen molar-refractivity contribution in [1.82, 2.24) is 5.32 Å². The normalized spacial score (nSPS) is 20.9. The number of aliphatic hydroxyl groups excluding tert-OH is 2. The molecule has 2 aliphatic heterocycles. The Balaban J connectivity index is 0.000000913. The van der Waals surface area contributed by atoms with Gasteiger partial charge in [-0.15, -0.1) is 0 Å². The first-order valence-corrected chi connectivity index (χ1v) is 10.5. The van der Waals surface area contributed by atoms with E-state index in [4.69, 9.17) is 19.4 Å². The van der Waals surface area contributed by atoms with Gasteiger partial charge in [-0.05, 0) is 73.2 Å². The minimum absolute atomic E-state index is 0.250. The van der Waals surface area contributed by atoms with Crippen molar-refractivity contribution in [3.05, 3.63) is 59.2 Å². The van der Waals surface area contributed by atoms with Gasteiger partial charge in [-0.2, -0.15) is 0 Å². The van der Waals surface area contributed by atoms with Crippen LogP contribution in [0.1, 0.15) is 24.0 Å². The molecule has 2 aromatic carbocycles. The number of aliphatic hydroxyl groups is 2. The van der Waals surface area contributed by atoms with Gasteiger partial charge in [-0.3, -0.25) is 4.79 Å². The Labute approximate surface area is 184 Å². The monoisotopic (exact) mass is 451 g/mol. The van der Waals surface area contributed by atoms with Crippen molar-refractivity contribution in [3.63, 3.8) is 0 Å². The number of hydrogen-bond donors (Lipinski definition) is 4. The summed E-state index contributed by atoms with van der Waals surface area (Å²) in [6.45, 7) is 0.263. The second-order valence-corrected chi connectivity index (χ2v) is 7.79. The van der Waals surface area contributed by atoms with Crippen LogP contribution >= 0.6 is 0 Å². The lowest BCUT2D eigenvalue weighted by atomic mass is 9.98. The molecule has 2 aliphatic rings. The first-order valence-electron chi connectivity index (χ1n) is 10.5. The van der Waals surface area contributed by atoms with Crippen LogP contribution in [0.5, 0.6) is 11.5 Å². The minimum Gasteiger partial charge on any atom is -0.487 e. The Morgan fingerprint density at radius 2 is 1.31 bits per heavy atom. The molecule has 4 rings (SSSR count). The number of hydrogen-bond acceptors (Lipinski definition) is 6. The van der Waals surface area contributed by atoms with Gasteiger partial charge in [0, 0.05) is 13.1 Å². The molecular weight excluding hydrogens is 424 g/mol. The Kier molecular flexibility index (Phi) is 8.38. The van der Waals surface area contributed by atoms with Crippen LogP contribution in [-0.2, 0) is 17.6 Å². The lowest BCUT2D eigenvalue weighted by Crippen LogP contribution is -2.46. The van der Waals surface area contributed by atoms with Crippen LogP contribution in [0, 0.1) is 11.6 Å². The van der Waals surface area contributed by atoms with Gasteiger partial charge < -0.3 is 30.1 Å². The fourth-order valence-electron chi connectivity index (χ4n) is 3.94. The summed E-state index contributed by atoms with van der Waals surface area (Å²) in [4.78, 5) is 8.36. The van der Waals surface area contributed by atoms with Gasteiger partial charge in [-0.1, -0.05) is 0 Å². The summed E-state index contributed by atoms with van der Waals surface area (Å²) in [5.41, 5.74) is 1.62. The molecule has 0 radical (unpaired) electrons. The molecule has 4 atom stereocenters. The third kappa shape index (κ3) is 6.15. The van der Waals surface area contributed by atoms with Crippen molar-refractivity contribution >= 4 is 6.47 Å². The zero-order valence-electron chi connectivity index (χ0n) is 17.4. The van der Waals surface area contributed by atoms with E-state index in [0.29, 0.717) is 37.2 Å². The topological polar surface area (TPSA) is 108 Å². The molecule has 0 fully saturated rings. The number of ether oxygens (including phenoxy) is 2. The summed E-state index contributed by atoms with van der Waals surface area (Å²) in [5, 5.41) is 30.8. The highest BCUT2D eigenvalue weighted by Crippen LogP contribution is 2.30. The second kappa shape index (κ2) is 11.2. The van der Waals surface area contributed by atoms with Crippen LogP contribution in [0.4, 0.5) is 8.78 Å². The Hall–Kier alpha value is -2.75. The highest BCUT2D eigenvalue weighted by Gasteiger charge is 2.29. The largest absolute Gasteiger partial charge is 0.487 e. The Morgan fingerprint density at radius 1 is 0.906 bits per heavy atom. The van der Waals surface area contributed by atoms with Crippen molar-refractivity contribution in [2.45, 2.75) is 50.1 Å². The average molecular weight is 451 g/mol. The standard InChI is InChI=1S/C22H25F2NO4.CH2O2/c23-15-3-7-19-13(9-15)1-5-21(28-19)17(26)11-25-12-18(27)22-6-2-14-10-16(24)4-8-20(14)29-22;2-1-3/h3-4,7-10,17-18,21-22,25-27H,1-2,5-6,11-12H2;1H,(H,2,3)/t17-,18?,21?,22-;/m0./s1. The molecule has 2 unspecified atom stereocenters. The number of aryl methyl sites for hydroxylation is 2. The van der Waals surface area contributed by atoms with Gasteiger partial charge in [0.1, 0.15) is 47.5 Å².